The average molecular weight is 501 g/mol. The number of carbonyl (C=O) groups is 1. The summed E-state index contributed by atoms with van der Waals surface area (Å²) in [7, 11) is 4.64. The van der Waals surface area contributed by atoms with E-state index in [0.717, 1.165) is 28.2 Å². The normalized spacial score (nSPS) is 11.3. The van der Waals surface area contributed by atoms with Crippen molar-refractivity contribution in [2.45, 2.75) is 38.5 Å². The molecule has 0 radical (unpaired) electrons. The Morgan fingerprint density at radius 1 is 1.14 bits per heavy atom. The van der Waals surface area contributed by atoms with Gasteiger partial charge in [-0.1, -0.05) is 18.7 Å². The topological polar surface area (TPSA) is 112 Å². The van der Waals surface area contributed by atoms with Crippen LogP contribution in [0.5, 0.6) is 17.2 Å². The van der Waals surface area contributed by atoms with Crippen LogP contribution in [0.4, 0.5) is 5.82 Å². The van der Waals surface area contributed by atoms with Gasteiger partial charge in [0.2, 0.25) is 11.7 Å². The molecular formula is C24H32N6O4S. The molecular weight excluding hydrogens is 468 g/mol. The fourth-order valence-electron chi connectivity index (χ4n) is 3.39. The summed E-state index contributed by atoms with van der Waals surface area (Å²) >= 11 is 1.58. The van der Waals surface area contributed by atoms with Crippen LogP contribution in [0.3, 0.4) is 0 Å². The second-order valence-corrected chi connectivity index (χ2v) is 9.01. The Morgan fingerprint density at radius 3 is 2.46 bits per heavy atom. The second kappa shape index (κ2) is 12.3. The highest BCUT2D eigenvalue weighted by atomic mass is 32.2. The molecule has 3 rings (SSSR count). The SMILES string of the molecule is CCSc1nc(NC(C)C)c2cnn(CCNC(=O)/C=C\c3cc(OC)c(OC)c(OC)c3)c2n1. The first-order valence-electron chi connectivity index (χ1n) is 11.3. The number of benzene rings is 1. The Labute approximate surface area is 209 Å². The number of fused-ring (bicyclic) bond motifs is 1. The smallest absolute Gasteiger partial charge is 0.244 e. The third kappa shape index (κ3) is 6.56. The van der Waals surface area contributed by atoms with Crippen LogP contribution < -0.4 is 24.8 Å². The predicted octanol–water partition coefficient (Wildman–Crippen LogP) is 3.61. The summed E-state index contributed by atoms with van der Waals surface area (Å²) in [6.07, 6.45) is 4.91. The van der Waals surface area contributed by atoms with Gasteiger partial charge in [0.1, 0.15) is 5.82 Å². The highest BCUT2D eigenvalue weighted by molar-refractivity contribution is 7.99. The highest BCUT2D eigenvalue weighted by Crippen LogP contribution is 2.38. The van der Waals surface area contributed by atoms with Crippen LogP contribution in [0, 0.1) is 0 Å². The van der Waals surface area contributed by atoms with Crippen molar-refractivity contribution in [1.29, 1.82) is 0 Å². The summed E-state index contributed by atoms with van der Waals surface area (Å²) < 4.78 is 17.8. The molecule has 1 aromatic carbocycles. The zero-order chi connectivity index (χ0) is 25.4. The molecule has 0 saturated heterocycles. The Kier molecular flexibility index (Phi) is 9.18. The van der Waals surface area contributed by atoms with Gasteiger partial charge in [-0.25, -0.2) is 14.6 Å². The van der Waals surface area contributed by atoms with E-state index in [-0.39, 0.29) is 11.9 Å². The van der Waals surface area contributed by atoms with Gasteiger partial charge >= 0.3 is 0 Å². The van der Waals surface area contributed by atoms with E-state index in [1.54, 1.807) is 62.2 Å². The summed E-state index contributed by atoms with van der Waals surface area (Å²) in [6.45, 7) is 7.05. The molecule has 2 heterocycles. The van der Waals surface area contributed by atoms with Gasteiger partial charge in [-0.3, -0.25) is 4.79 Å². The highest BCUT2D eigenvalue weighted by Gasteiger charge is 2.14. The van der Waals surface area contributed by atoms with E-state index in [1.165, 1.54) is 6.08 Å². The van der Waals surface area contributed by atoms with Crippen LogP contribution in [0.1, 0.15) is 26.3 Å². The monoisotopic (exact) mass is 500 g/mol. The maximum absolute atomic E-state index is 12.4. The molecule has 0 atom stereocenters. The minimum atomic E-state index is -0.228. The molecule has 0 spiro atoms. The zero-order valence-corrected chi connectivity index (χ0v) is 21.7. The van der Waals surface area contributed by atoms with Crippen LogP contribution in [0.2, 0.25) is 0 Å². The summed E-state index contributed by atoms with van der Waals surface area (Å²) in [5.74, 6) is 2.95. The van der Waals surface area contributed by atoms with Crippen molar-refractivity contribution in [2.24, 2.45) is 0 Å². The number of hydrogen-bond acceptors (Lipinski definition) is 9. The minimum absolute atomic E-state index is 0.228. The Bertz CT molecular complexity index is 1170. The lowest BCUT2D eigenvalue weighted by Gasteiger charge is -2.12. The molecule has 0 unspecified atom stereocenters. The third-order valence-corrected chi connectivity index (χ3v) is 5.64. The van der Waals surface area contributed by atoms with Crippen molar-refractivity contribution in [1.82, 2.24) is 25.1 Å². The summed E-state index contributed by atoms with van der Waals surface area (Å²) in [5, 5.41) is 12.3. The van der Waals surface area contributed by atoms with E-state index in [0.29, 0.717) is 35.5 Å². The van der Waals surface area contributed by atoms with E-state index in [2.05, 4.69) is 46.5 Å². The molecule has 188 valence electrons. The Hall–Kier alpha value is -3.47. The molecule has 0 bridgehead atoms. The molecule has 2 aromatic heterocycles. The lowest BCUT2D eigenvalue weighted by Crippen LogP contribution is -2.25. The number of aromatic nitrogens is 4. The van der Waals surface area contributed by atoms with Gasteiger partial charge in [-0.15, -0.1) is 0 Å². The van der Waals surface area contributed by atoms with Crippen LogP contribution in [-0.4, -0.2) is 65.3 Å². The van der Waals surface area contributed by atoms with E-state index in [4.69, 9.17) is 14.2 Å². The number of nitrogens with one attached hydrogen (secondary N) is 2. The van der Waals surface area contributed by atoms with Gasteiger partial charge in [0, 0.05) is 18.7 Å². The van der Waals surface area contributed by atoms with Gasteiger partial charge < -0.3 is 24.8 Å². The van der Waals surface area contributed by atoms with Gasteiger partial charge in [-0.05, 0) is 43.4 Å². The van der Waals surface area contributed by atoms with Crippen LogP contribution in [0.25, 0.3) is 17.1 Å². The van der Waals surface area contributed by atoms with Gasteiger partial charge in [0.15, 0.2) is 22.3 Å². The van der Waals surface area contributed by atoms with Crippen molar-refractivity contribution in [3.63, 3.8) is 0 Å². The molecule has 3 aromatic rings. The number of methoxy groups -OCH3 is 3. The van der Waals surface area contributed by atoms with Crippen molar-refractivity contribution in [2.75, 3.05) is 38.9 Å². The van der Waals surface area contributed by atoms with E-state index in [1.807, 2.05) is 0 Å². The van der Waals surface area contributed by atoms with Gasteiger partial charge in [0.05, 0.1) is 39.5 Å². The van der Waals surface area contributed by atoms with E-state index < -0.39 is 0 Å². The minimum Gasteiger partial charge on any atom is -0.493 e. The van der Waals surface area contributed by atoms with Crippen LogP contribution in [0.15, 0.2) is 29.6 Å². The lowest BCUT2D eigenvalue weighted by molar-refractivity contribution is -0.116. The van der Waals surface area contributed by atoms with Crippen molar-refractivity contribution in [3.8, 4) is 17.2 Å². The zero-order valence-electron chi connectivity index (χ0n) is 20.9. The molecule has 0 aliphatic rings. The first kappa shape index (κ1) is 26.1. The third-order valence-electron chi connectivity index (χ3n) is 4.91. The molecule has 0 aliphatic carbocycles. The average Bonchev–Trinajstić information content (AvgIpc) is 3.25. The molecule has 0 aliphatic heterocycles. The number of amides is 1. The number of ether oxygens (including phenoxy) is 3. The molecule has 1 amide bonds. The summed E-state index contributed by atoms with van der Waals surface area (Å²) in [4.78, 5) is 21.7. The van der Waals surface area contributed by atoms with Crippen LogP contribution in [-0.2, 0) is 11.3 Å². The summed E-state index contributed by atoms with van der Waals surface area (Å²) in [5.41, 5.74) is 1.48. The Morgan fingerprint density at radius 2 is 1.86 bits per heavy atom. The first-order chi connectivity index (χ1) is 16.9. The lowest BCUT2D eigenvalue weighted by atomic mass is 10.1. The van der Waals surface area contributed by atoms with Crippen molar-refractivity contribution >= 4 is 40.6 Å². The van der Waals surface area contributed by atoms with Crippen molar-refractivity contribution in [3.05, 3.63) is 30.0 Å². The number of nitrogens with zero attached hydrogens (tertiary/aromatic N) is 4. The fraction of sp³-hybridized carbons (Fsp3) is 0.417. The molecule has 0 saturated carbocycles. The molecule has 2 N–H and O–H groups in total. The van der Waals surface area contributed by atoms with E-state index in [9.17, 15) is 4.79 Å². The van der Waals surface area contributed by atoms with Gasteiger partial charge in [0.25, 0.3) is 0 Å². The standard InChI is InChI=1S/C24H32N6O4S/c1-7-35-24-28-22(27-15(2)3)17-14-26-30(23(17)29-24)11-10-25-20(31)9-8-16-12-18(32-4)21(34-6)19(13-16)33-5/h8-9,12-15H,7,10-11H2,1-6H3,(H,25,31)(H,27,28,29)/b9-8-. The maximum Gasteiger partial charge on any atom is 0.244 e. The van der Waals surface area contributed by atoms with Gasteiger partial charge in [-0.2, -0.15) is 5.10 Å². The fourth-order valence-corrected chi connectivity index (χ4v) is 3.95. The molecule has 35 heavy (non-hydrogen) atoms. The number of rotatable bonds is 12. The molecule has 10 nitrogen and oxygen atoms in total. The number of anilines is 1. The largest absolute Gasteiger partial charge is 0.493 e. The Balaban J connectivity index is 1.68. The maximum atomic E-state index is 12.4. The number of hydrogen-bond donors (Lipinski definition) is 2. The predicted molar refractivity (Wildman–Crippen MR) is 139 cm³/mol. The van der Waals surface area contributed by atoms with E-state index >= 15 is 0 Å². The molecule has 11 heteroatoms. The quantitative estimate of drug-likeness (QED) is 0.219. The second-order valence-electron chi connectivity index (χ2n) is 7.77. The number of carbonyl (C=O) groups excluding carboxylic acids is 1. The summed E-state index contributed by atoms with van der Waals surface area (Å²) in [6, 6.07) is 3.78. The first-order valence-corrected chi connectivity index (χ1v) is 12.3. The van der Waals surface area contributed by atoms with Crippen molar-refractivity contribution < 1.29 is 19.0 Å². The van der Waals surface area contributed by atoms with Crippen LogP contribution >= 0.6 is 11.8 Å². The number of thioether (sulfide) groups is 1. The molecule has 0 fully saturated rings.